The van der Waals surface area contributed by atoms with Gasteiger partial charge in [0.05, 0.1) is 12.1 Å². The fourth-order valence-electron chi connectivity index (χ4n) is 1.98. The molecule has 2 rings (SSSR count). The van der Waals surface area contributed by atoms with Crippen LogP contribution in [0.5, 0.6) is 0 Å². The molecule has 0 bridgehead atoms. The number of hydrogen-bond donors (Lipinski definition) is 3. The third-order valence-corrected chi connectivity index (χ3v) is 2.98. The Balaban J connectivity index is 2.01. The number of benzene rings is 2. The third kappa shape index (κ3) is 4.50. The zero-order valence-corrected chi connectivity index (χ0v) is 12.3. The Morgan fingerprint density at radius 1 is 1.04 bits per heavy atom. The lowest BCUT2D eigenvalue weighted by molar-refractivity contribution is -0.114. The summed E-state index contributed by atoms with van der Waals surface area (Å²) in [6.07, 6.45) is 0. The van der Waals surface area contributed by atoms with Crippen molar-refractivity contribution in [3.05, 3.63) is 59.7 Å². The van der Waals surface area contributed by atoms with Gasteiger partial charge in [0, 0.05) is 24.5 Å². The molecule has 2 amide bonds. The van der Waals surface area contributed by atoms with Gasteiger partial charge in [-0.05, 0) is 24.3 Å². The fourth-order valence-corrected chi connectivity index (χ4v) is 1.98. The van der Waals surface area contributed by atoms with Crippen LogP contribution in [0.4, 0.5) is 20.2 Å². The van der Waals surface area contributed by atoms with E-state index in [1.807, 2.05) is 0 Å². The summed E-state index contributed by atoms with van der Waals surface area (Å²) in [7, 11) is 1.50. The summed E-state index contributed by atoms with van der Waals surface area (Å²) in [6.45, 7) is -0.161. The van der Waals surface area contributed by atoms with Gasteiger partial charge in [0.2, 0.25) is 5.91 Å². The van der Waals surface area contributed by atoms with Gasteiger partial charge in [0.25, 0.3) is 5.91 Å². The summed E-state index contributed by atoms with van der Waals surface area (Å²) in [5.41, 5.74) is 0.890. The van der Waals surface area contributed by atoms with E-state index in [0.717, 1.165) is 12.1 Å². The number of carbonyl (C=O) groups is 2. The van der Waals surface area contributed by atoms with Crippen LogP contribution in [0.3, 0.4) is 0 Å². The predicted molar refractivity (Wildman–Crippen MR) is 83.3 cm³/mol. The second-order valence-corrected chi connectivity index (χ2v) is 4.68. The van der Waals surface area contributed by atoms with Gasteiger partial charge in [-0.15, -0.1) is 0 Å². The standard InChI is InChI=1S/C16H15F2N3O2/c1-19-16(23)13-4-2-3-5-14(13)20-9-15(22)21-12-7-10(17)6-11(18)8-12/h2-8,20H,9H2,1H3,(H,19,23)(H,21,22). The molecule has 120 valence electrons. The number of para-hydroxylation sites is 1. The molecular formula is C16H15F2N3O2. The van der Waals surface area contributed by atoms with Crippen molar-refractivity contribution in [2.45, 2.75) is 0 Å². The number of rotatable bonds is 5. The summed E-state index contributed by atoms with van der Waals surface area (Å²) >= 11 is 0. The third-order valence-electron chi connectivity index (χ3n) is 2.98. The minimum atomic E-state index is -0.779. The Bertz CT molecular complexity index is 715. The van der Waals surface area contributed by atoms with Gasteiger partial charge in [0.15, 0.2) is 0 Å². The molecule has 0 aliphatic carbocycles. The molecule has 0 unspecified atom stereocenters. The molecule has 0 aliphatic rings. The molecule has 0 aromatic heterocycles. The van der Waals surface area contributed by atoms with Crippen LogP contribution in [0.2, 0.25) is 0 Å². The van der Waals surface area contributed by atoms with Gasteiger partial charge < -0.3 is 16.0 Å². The zero-order chi connectivity index (χ0) is 16.8. The van der Waals surface area contributed by atoms with E-state index < -0.39 is 17.5 Å². The number of amides is 2. The Kier molecular flexibility index (Phi) is 5.24. The van der Waals surface area contributed by atoms with Crippen molar-refractivity contribution < 1.29 is 18.4 Å². The van der Waals surface area contributed by atoms with E-state index in [1.54, 1.807) is 24.3 Å². The number of anilines is 2. The van der Waals surface area contributed by atoms with Crippen LogP contribution in [-0.2, 0) is 4.79 Å². The first-order valence-corrected chi connectivity index (χ1v) is 6.80. The SMILES string of the molecule is CNC(=O)c1ccccc1NCC(=O)Nc1cc(F)cc(F)c1. The highest BCUT2D eigenvalue weighted by Crippen LogP contribution is 2.15. The lowest BCUT2D eigenvalue weighted by Crippen LogP contribution is -2.24. The van der Waals surface area contributed by atoms with Gasteiger partial charge >= 0.3 is 0 Å². The largest absolute Gasteiger partial charge is 0.376 e. The van der Waals surface area contributed by atoms with Crippen molar-refractivity contribution >= 4 is 23.2 Å². The van der Waals surface area contributed by atoms with Crippen LogP contribution in [0.15, 0.2) is 42.5 Å². The number of halogens is 2. The van der Waals surface area contributed by atoms with Crippen LogP contribution >= 0.6 is 0 Å². The predicted octanol–water partition coefficient (Wildman–Crippen LogP) is 2.38. The highest BCUT2D eigenvalue weighted by molar-refractivity contribution is 6.00. The second kappa shape index (κ2) is 7.35. The van der Waals surface area contributed by atoms with E-state index in [1.165, 1.54) is 7.05 Å². The van der Waals surface area contributed by atoms with Crippen LogP contribution < -0.4 is 16.0 Å². The van der Waals surface area contributed by atoms with Gasteiger partial charge in [-0.1, -0.05) is 12.1 Å². The molecule has 2 aromatic carbocycles. The van der Waals surface area contributed by atoms with Crippen LogP contribution in [0.1, 0.15) is 10.4 Å². The Hall–Kier alpha value is -2.96. The molecule has 5 nitrogen and oxygen atoms in total. The fraction of sp³-hybridized carbons (Fsp3) is 0.125. The summed E-state index contributed by atoms with van der Waals surface area (Å²) in [6, 6.07) is 9.42. The number of carbonyl (C=O) groups excluding carboxylic acids is 2. The normalized spacial score (nSPS) is 10.0. The summed E-state index contributed by atoms with van der Waals surface area (Å²) in [5, 5.41) is 7.69. The molecule has 23 heavy (non-hydrogen) atoms. The highest BCUT2D eigenvalue weighted by atomic mass is 19.1. The van der Waals surface area contributed by atoms with Crippen LogP contribution in [0.25, 0.3) is 0 Å². The lowest BCUT2D eigenvalue weighted by Gasteiger charge is -2.11. The summed E-state index contributed by atoms with van der Waals surface area (Å²) in [5.74, 6) is -2.35. The highest BCUT2D eigenvalue weighted by Gasteiger charge is 2.10. The molecule has 0 spiro atoms. The van der Waals surface area contributed by atoms with Gasteiger partial charge in [0.1, 0.15) is 11.6 Å². The monoisotopic (exact) mass is 319 g/mol. The van der Waals surface area contributed by atoms with Crippen molar-refractivity contribution in [2.75, 3.05) is 24.2 Å². The van der Waals surface area contributed by atoms with E-state index in [-0.39, 0.29) is 18.1 Å². The molecule has 7 heteroatoms. The molecule has 0 fully saturated rings. The van der Waals surface area contributed by atoms with E-state index in [4.69, 9.17) is 0 Å². The quantitative estimate of drug-likeness (QED) is 0.792. The summed E-state index contributed by atoms with van der Waals surface area (Å²) < 4.78 is 26.1. The summed E-state index contributed by atoms with van der Waals surface area (Å²) in [4.78, 5) is 23.5. The van der Waals surface area contributed by atoms with Crippen molar-refractivity contribution in [1.29, 1.82) is 0 Å². The zero-order valence-electron chi connectivity index (χ0n) is 12.3. The first-order chi connectivity index (χ1) is 11.0. The molecule has 2 aromatic rings. The average Bonchev–Trinajstić information content (AvgIpc) is 2.51. The first-order valence-electron chi connectivity index (χ1n) is 6.80. The van der Waals surface area contributed by atoms with Gasteiger partial charge in [-0.25, -0.2) is 8.78 Å². The minimum Gasteiger partial charge on any atom is -0.376 e. The second-order valence-electron chi connectivity index (χ2n) is 4.68. The maximum atomic E-state index is 13.1. The number of hydrogen-bond acceptors (Lipinski definition) is 3. The van der Waals surface area contributed by atoms with E-state index in [9.17, 15) is 18.4 Å². The Morgan fingerprint density at radius 3 is 2.35 bits per heavy atom. The van der Waals surface area contributed by atoms with E-state index in [0.29, 0.717) is 17.3 Å². The Morgan fingerprint density at radius 2 is 1.70 bits per heavy atom. The molecule has 0 radical (unpaired) electrons. The Labute approximate surface area is 131 Å². The topological polar surface area (TPSA) is 70.2 Å². The van der Waals surface area contributed by atoms with Crippen molar-refractivity contribution in [1.82, 2.24) is 5.32 Å². The molecule has 0 heterocycles. The van der Waals surface area contributed by atoms with Gasteiger partial charge in [-0.3, -0.25) is 9.59 Å². The average molecular weight is 319 g/mol. The van der Waals surface area contributed by atoms with Crippen molar-refractivity contribution in [2.24, 2.45) is 0 Å². The number of nitrogens with one attached hydrogen (secondary N) is 3. The van der Waals surface area contributed by atoms with Crippen molar-refractivity contribution in [3.63, 3.8) is 0 Å². The first kappa shape index (κ1) is 16.4. The van der Waals surface area contributed by atoms with Crippen LogP contribution in [0, 0.1) is 11.6 Å². The van der Waals surface area contributed by atoms with Crippen LogP contribution in [-0.4, -0.2) is 25.4 Å². The molecule has 3 N–H and O–H groups in total. The molecule has 0 atom stereocenters. The maximum absolute atomic E-state index is 13.1. The van der Waals surface area contributed by atoms with E-state index in [2.05, 4.69) is 16.0 Å². The maximum Gasteiger partial charge on any atom is 0.253 e. The molecule has 0 saturated carbocycles. The molecule has 0 aliphatic heterocycles. The van der Waals surface area contributed by atoms with E-state index >= 15 is 0 Å². The van der Waals surface area contributed by atoms with Gasteiger partial charge in [-0.2, -0.15) is 0 Å². The molecular weight excluding hydrogens is 304 g/mol. The lowest BCUT2D eigenvalue weighted by atomic mass is 10.1. The minimum absolute atomic E-state index is 0.0221. The smallest absolute Gasteiger partial charge is 0.253 e. The molecule has 0 saturated heterocycles. The van der Waals surface area contributed by atoms with Crippen molar-refractivity contribution in [3.8, 4) is 0 Å².